The van der Waals surface area contributed by atoms with E-state index in [9.17, 15) is 0 Å². The second-order valence-electron chi connectivity index (χ2n) is 5.28. The van der Waals surface area contributed by atoms with Crippen LogP contribution in [0.25, 0.3) is 0 Å². The van der Waals surface area contributed by atoms with Crippen LogP contribution < -0.4 is 5.32 Å². The molecule has 100 valence electrons. The van der Waals surface area contributed by atoms with Crippen LogP contribution in [-0.4, -0.2) is 31.1 Å². The van der Waals surface area contributed by atoms with Crippen LogP contribution in [-0.2, 0) is 0 Å². The summed E-state index contributed by atoms with van der Waals surface area (Å²) in [6, 6.07) is 9.14. The van der Waals surface area contributed by atoms with E-state index in [4.69, 9.17) is 11.6 Å². The van der Waals surface area contributed by atoms with Gasteiger partial charge in [0.05, 0.1) is 0 Å². The monoisotopic (exact) mass is 266 g/mol. The number of nitrogens with zero attached hydrogens (tertiary/aromatic N) is 1. The molecule has 0 saturated carbocycles. The van der Waals surface area contributed by atoms with Gasteiger partial charge in [0.1, 0.15) is 0 Å². The zero-order valence-corrected chi connectivity index (χ0v) is 12.1. The summed E-state index contributed by atoms with van der Waals surface area (Å²) in [6.07, 6.45) is 3.96. The number of rotatable bonds is 4. The molecule has 0 amide bonds. The summed E-state index contributed by atoms with van der Waals surface area (Å²) in [5.74, 6) is 0. The van der Waals surface area contributed by atoms with Gasteiger partial charge in [-0.1, -0.05) is 36.2 Å². The van der Waals surface area contributed by atoms with E-state index in [0.29, 0.717) is 12.1 Å². The lowest BCUT2D eigenvalue weighted by molar-refractivity contribution is 0.215. The number of halogens is 1. The number of likely N-dealkylation sites (N-methyl/N-ethyl adjacent to an activating group) is 1. The van der Waals surface area contributed by atoms with Crippen LogP contribution in [0, 0.1) is 0 Å². The second kappa shape index (κ2) is 6.55. The summed E-state index contributed by atoms with van der Waals surface area (Å²) in [7, 11) is 2.18. The molecule has 2 atom stereocenters. The van der Waals surface area contributed by atoms with E-state index in [1.165, 1.54) is 31.4 Å². The maximum absolute atomic E-state index is 6.26. The van der Waals surface area contributed by atoms with Gasteiger partial charge in [-0.25, -0.2) is 0 Å². The number of hydrogen-bond donors (Lipinski definition) is 1. The second-order valence-corrected chi connectivity index (χ2v) is 5.69. The maximum Gasteiger partial charge on any atom is 0.0453 e. The summed E-state index contributed by atoms with van der Waals surface area (Å²) < 4.78 is 0. The van der Waals surface area contributed by atoms with Crippen molar-refractivity contribution in [3.63, 3.8) is 0 Å². The van der Waals surface area contributed by atoms with Crippen LogP contribution in [0.1, 0.15) is 37.8 Å². The molecule has 2 rings (SSSR count). The molecule has 1 aliphatic heterocycles. The van der Waals surface area contributed by atoms with Crippen LogP contribution in [0.4, 0.5) is 0 Å². The molecule has 3 heteroatoms. The summed E-state index contributed by atoms with van der Waals surface area (Å²) in [4.78, 5) is 2.39. The zero-order chi connectivity index (χ0) is 13.0. The Hall–Kier alpha value is -0.570. The van der Waals surface area contributed by atoms with Gasteiger partial charge < -0.3 is 5.32 Å². The highest BCUT2D eigenvalue weighted by Gasteiger charge is 2.19. The van der Waals surface area contributed by atoms with Crippen molar-refractivity contribution in [3.05, 3.63) is 34.9 Å². The lowest BCUT2D eigenvalue weighted by Gasteiger charge is -2.32. The van der Waals surface area contributed by atoms with Gasteiger partial charge in [-0.15, -0.1) is 0 Å². The van der Waals surface area contributed by atoms with Crippen LogP contribution in [0.3, 0.4) is 0 Å². The van der Waals surface area contributed by atoms with Crippen molar-refractivity contribution < 1.29 is 0 Å². The molecule has 1 aromatic rings. The van der Waals surface area contributed by atoms with Crippen molar-refractivity contribution in [2.24, 2.45) is 0 Å². The highest BCUT2D eigenvalue weighted by atomic mass is 35.5. The minimum absolute atomic E-state index is 0.363. The first-order valence-electron chi connectivity index (χ1n) is 6.86. The Bertz CT molecular complexity index is 375. The van der Waals surface area contributed by atoms with Crippen LogP contribution in [0.5, 0.6) is 0 Å². The zero-order valence-electron chi connectivity index (χ0n) is 11.3. The Kier molecular flexibility index (Phi) is 5.04. The third-order valence-corrected chi connectivity index (χ3v) is 4.28. The molecular formula is C15H23ClN2. The molecule has 0 radical (unpaired) electrons. The van der Waals surface area contributed by atoms with Gasteiger partial charge in [-0.3, -0.25) is 4.90 Å². The molecule has 1 aromatic carbocycles. The van der Waals surface area contributed by atoms with E-state index in [2.05, 4.69) is 36.3 Å². The van der Waals surface area contributed by atoms with Gasteiger partial charge in [-0.05, 0) is 45.0 Å². The predicted molar refractivity (Wildman–Crippen MR) is 78.1 cm³/mol. The van der Waals surface area contributed by atoms with Crippen molar-refractivity contribution in [3.8, 4) is 0 Å². The van der Waals surface area contributed by atoms with E-state index in [-0.39, 0.29) is 0 Å². The molecule has 1 fully saturated rings. The molecule has 18 heavy (non-hydrogen) atoms. The molecule has 0 spiro atoms. The fourth-order valence-electron chi connectivity index (χ4n) is 2.64. The summed E-state index contributed by atoms with van der Waals surface area (Å²) in [6.45, 7) is 4.48. The van der Waals surface area contributed by atoms with E-state index >= 15 is 0 Å². The van der Waals surface area contributed by atoms with E-state index in [1.54, 1.807) is 0 Å². The predicted octanol–water partition coefficient (Wildman–Crippen LogP) is 3.47. The minimum atomic E-state index is 0.363. The molecule has 1 saturated heterocycles. The summed E-state index contributed by atoms with van der Waals surface area (Å²) in [5, 5.41) is 4.47. The average Bonchev–Trinajstić information content (AvgIpc) is 2.39. The normalized spacial score (nSPS) is 22.1. The molecule has 1 aliphatic rings. The Labute approximate surface area is 115 Å². The van der Waals surface area contributed by atoms with Gasteiger partial charge in [0, 0.05) is 23.7 Å². The van der Waals surface area contributed by atoms with Crippen LogP contribution >= 0.6 is 11.6 Å². The Morgan fingerprint density at radius 2 is 2.17 bits per heavy atom. The van der Waals surface area contributed by atoms with Crippen molar-refractivity contribution in [2.45, 2.75) is 38.3 Å². The molecular weight excluding hydrogens is 244 g/mol. The third-order valence-electron chi connectivity index (χ3n) is 3.94. The standard InChI is InChI=1S/C15H23ClN2/c1-12(14-8-3-4-9-15(14)16)18(2)11-13-7-5-6-10-17-13/h3-4,8-9,12-13,17H,5-7,10-11H2,1-2H3/t12?,13-/m1/s1. The Morgan fingerprint density at radius 3 is 2.83 bits per heavy atom. The lowest BCUT2D eigenvalue weighted by Crippen LogP contribution is -2.43. The molecule has 0 aliphatic carbocycles. The first-order valence-corrected chi connectivity index (χ1v) is 7.24. The number of benzene rings is 1. The summed E-state index contributed by atoms with van der Waals surface area (Å²) >= 11 is 6.26. The van der Waals surface area contributed by atoms with E-state index in [1.807, 2.05) is 12.1 Å². The van der Waals surface area contributed by atoms with Crippen molar-refractivity contribution in [2.75, 3.05) is 20.1 Å². The number of piperidine rings is 1. The first kappa shape index (κ1) is 13.9. The van der Waals surface area contributed by atoms with E-state index < -0.39 is 0 Å². The molecule has 1 heterocycles. The molecule has 1 N–H and O–H groups in total. The fourth-order valence-corrected chi connectivity index (χ4v) is 2.93. The van der Waals surface area contributed by atoms with E-state index in [0.717, 1.165) is 11.6 Å². The summed E-state index contributed by atoms with van der Waals surface area (Å²) in [5.41, 5.74) is 1.22. The molecule has 2 nitrogen and oxygen atoms in total. The van der Waals surface area contributed by atoms with Gasteiger partial charge >= 0.3 is 0 Å². The molecule has 1 unspecified atom stereocenters. The van der Waals surface area contributed by atoms with Gasteiger partial charge in [-0.2, -0.15) is 0 Å². The minimum Gasteiger partial charge on any atom is -0.313 e. The Balaban J connectivity index is 1.95. The van der Waals surface area contributed by atoms with Crippen LogP contribution in [0.2, 0.25) is 5.02 Å². The highest BCUT2D eigenvalue weighted by molar-refractivity contribution is 6.31. The maximum atomic E-state index is 6.26. The Morgan fingerprint density at radius 1 is 1.39 bits per heavy atom. The van der Waals surface area contributed by atoms with Crippen molar-refractivity contribution in [1.82, 2.24) is 10.2 Å². The number of nitrogens with one attached hydrogen (secondary N) is 1. The smallest absolute Gasteiger partial charge is 0.0453 e. The average molecular weight is 267 g/mol. The lowest BCUT2D eigenvalue weighted by atomic mass is 10.0. The van der Waals surface area contributed by atoms with Gasteiger partial charge in [0.2, 0.25) is 0 Å². The van der Waals surface area contributed by atoms with Crippen LogP contribution in [0.15, 0.2) is 24.3 Å². The highest BCUT2D eigenvalue weighted by Crippen LogP contribution is 2.26. The quantitative estimate of drug-likeness (QED) is 0.898. The number of hydrogen-bond acceptors (Lipinski definition) is 2. The van der Waals surface area contributed by atoms with Gasteiger partial charge in [0.15, 0.2) is 0 Å². The first-order chi connectivity index (χ1) is 8.68. The largest absolute Gasteiger partial charge is 0.313 e. The topological polar surface area (TPSA) is 15.3 Å². The fraction of sp³-hybridized carbons (Fsp3) is 0.600. The van der Waals surface area contributed by atoms with Crippen molar-refractivity contribution in [1.29, 1.82) is 0 Å². The molecule has 0 bridgehead atoms. The van der Waals surface area contributed by atoms with Crippen molar-refractivity contribution >= 4 is 11.6 Å². The van der Waals surface area contributed by atoms with Gasteiger partial charge in [0.25, 0.3) is 0 Å². The molecule has 0 aromatic heterocycles. The third kappa shape index (κ3) is 3.47. The SMILES string of the molecule is CC(c1ccccc1Cl)N(C)C[C@H]1CCCCN1.